The van der Waals surface area contributed by atoms with Crippen LogP contribution in [-0.4, -0.2) is 97.3 Å². The summed E-state index contributed by atoms with van der Waals surface area (Å²) in [5.74, 6) is -9.09. The van der Waals surface area contributed by atoms with Crippen LogP contribution in [-0.2, 0) is 10.6 Å². The molecule has 11 N–H and O–H groups in total. The molecule has 37 heavy (non-hydrogen) atoms. The number of benzene rings is 2. The molecule has 6 unspecified atom stereocenters. The average molecular weight is 518 g/mol. The van der Waals surface area contributed by atoms with Gasteiger partial charge in [0.15, 0.2) is 17.5 Å². The summed E-state index contributed by atoms with van der Waals surface area (Å²) in [4.78, 5) is 13.7. The minimum Gasteiger partial charge on any atom is -0.507 e. The number of carbonyl (C=O) groups is 1. The highest BCUT2D eigenvalue weighted by molar-refractivity contribution is 6.12. The van der Waals surface area contributed by atoms with E-state index in [0.717, 1.165) is 6.07 Å². The van der Waals surface area contributed by atoms with Gasteiger partial charge in [0.2, 0.25) is 11.6 Å². The topological polar surface area (TPSA) is 240 Å². The lowest BCUT2D eigenvalue weighted by atomic mass is 9.50. The van der Waals surface area contributed by atoms with E-state index in [2.05, 4.69) is 0 Å². The van der Waals surface area contributed by atoms with Crippen molar-refractivity contribution in [3.05, 3.63) is 59.2 Å². The minimum atomic E-state index is -3.48. The number of aliphatic hydroxyl groups is 10. The smallest absolute Gasteiger partial charge is 0.226 e. The fourth-order valence-corrected chi connectivity index (χ4v) is 6.19. The molecule has 0 bridgehead atoms. The van der Waals surface area contributed by atoms with Crippen molar-refractivity contribution in [3.8, 4) is 16.9 Å². The van der Waals surface area contributed by atoms with Crippen LogP contribution < -0.4 is 0 Å². The number of fused-ring (bicyclic) bond motifs is 3. The monoisotopic (exact) mass is 518 g/mol. The van der Waals surface area contributed by atoms with Crippen LogP contribution in [0.5, 0.6) is 5.75 Å². The molecule has 3 aliphatic carbocycles. The van der Waals surface area contributed by atoms with E-state index >= 15 is 0 Å². The van der Waals surface area contributed by atoms with Crippen molar-refractivity contribution in [2.24, 2.45) is 5.92 Å². The highest BCUT2D eigenvalue weighted by atomic mass is 16.5. The molecular weight excluding hydrogens is 492 g/mol. The number of rotatable bonds is 2. The van der Waals surface area contributed by atoms with Crippen molar-refractivity contribution in [2.75, 3.05) is 0 Å². The lowest BCUT2D eigenvalue weighted by Crippen LogP contribution is -2.81. The lowest BCUT2D eigenvalue weighted by molar-refractivity contribution is -0.328. The molecule has 2 fully saturated rings. The molecule has 5 rings (SSSR count). The van der Waals surface area contributed by atoms with Crippen LogP contribution in [0.15, 0.2) is 48.0 Å². The van der Waals surface area contributed by atoms with Gasteiger partial charge in [-0.15, -0.1) is 0 Å². The molecule has 6 atom stereocenters. The predicted molar refractivity (Wildman–Crippen MR) is 122 cm³/mol. The maximum atomic E-state index is 13.7. The third-order valence-electron chi connectivity index (χ3n) is 8.04. The molecule has 0 spiro atoms. The van der Waals surface area contributed by atoms with E-state index in [-0.39, 0.29) is 5.56 Å². The Hall–Kier alpha value is -2.91. The highest BCUT2D eigenvalue weighted by Crippen LogP contribution is 2.61. The van der Waals surface area contributed by atoms with Crippen LogP contribution in [0.25, 0.3) is 16.9 Å². The van der Waals surface area contributed by atoms with Crippen molar-refractivity contribution in [3.63, 3.8) is 0 Å². The first-order valence-electron chi connectivity index (χ1n) is 11.4. The first-order valence-corrected chi connectivity index (χ1v) is 11.4. The Labute approximate surface area is 208 Å². The van der Waals surface area contributed by atoms with E-state index in [4.69, 9.17) is 0 Å². The first-order chi connectivity index (χ1) is 17.1. The summed E-state index contributed by atoms with van der Waals surface area (Å²) in [6.07, 6.45) is -9.20. The van der Waals surface area contributed by atoms with Gasteiger partial charge in [-0.1, -0.05) is 36.4 Å². The van der Waals surface area contributed by atoms with Gasteiger partial charge < -0.3 is 56.2 Å². The minimum absolute atomic E-state index is 0.0323. The molecule has 12 nitrogen and oxygen atoms in total. The molecule has 198 valence electrons. The zero-order valence-corrected chi connectivity index (χ0v) is 19.1. The number of Topliss-reactive ketones (excluding diaryl/α,β-unsaturated/α-hetero) is 1. The van der Waals surface area contributed by atoms with Gasteiger partial charge in [-0.25, -0.2) is 0 Å². The molecule has 2 aromatic carbocycles. The number of ketones is 1. The lowest BCUT2D eigenvalue weighted by Gasteiger charge is -2.61. The Morgan fingerprint density at radius 2 is 1.51 bits per heavy atom. The molecular formula is C25H26O12. The fourth-order valence-electron chi connectivity index (χ4n) is 6.19. The zero-order valence-electron chi connectivity index (χ0n) is 19.1. The molecule has 2 saturated carbocycles. The second-order valence-corrected chi connectivity index (χ2v) is 10.0. The van der Waals surface area contributed by atoms with Gasteiger partial charge in [0.05, 0.1) is 23.2 Å². The number of hydrogen-bond donors (Lipinski definition) is 11. The molecule has 12 heteroatoms. The molecule has 3 aliphatic rings. The van der Waals surface area contributed by atoms with Crippen LogP contribution in [0, 0.1) is 5.92 Å². The maximum Gasteiger partial charge on any atom is 0.226 e. The summed E-state index contributed by atoms with van der Waals surface area (Å²) < 4.78 is 0. The Morgan fingerprint density at radius 1 is 0.892 bits per heavy atom. The number of aliphatic hydroxyl groups excluding tert-OH is 4. The highest BCUT2D eigenvalue weighted by Gasteiger charge is 2.77. The van der Waals surface area contributed by atoms with Gasteiger partial charge in [0, 0.05) is 18.4 Å². The van der Waals surface area contributed by atoms with Crippen molar-refractivity contribution >= 4 is 11.5 Å². The van der Waals surface area contributed by atoms with E-state index < -0.39 is 93.8 Å². The second-order valence-electron chi connectivity index (χ2n) is 10.0. The van der Waals surface area contributed by atoms with E-state index in [1.807, 2.05) is 0 Å². The average Bonchev–Trinajstić information content (AvgIpc) is 2.80. The molecule has 0 amide bonds. The largest absolute Gasteiger partial charge is 0.507 e. The van der Waals surface area contributed by atoms with E-state index in [0.29, 0.717) is 5.56 Å². The Bertz CT molecular complexity index is 1320. The summed E-state index contributed by atoms with van der Waals surface area (Å²) in [6, 6.07) is 10.4. The van der Waals surface area contributed by atoms with Gasteiger partial charge in [-0.3, -0.25) is 4.79 Å². The summed E-state index contributed by atoms with van der Waals surface area (Å²) in [7, 11) is 0. The van der Waals surface area contributed by atoms with Gasteiger partial charge in [-0.05, 0) is 17.2 Å². The van der Waals surface area contributed by atoms with Crippen LogP contribution in [0.4, 0.5) is 0 Å². The summed E-state index contributed by atoms with van der Waals surface area (Å²) in [5.41, 5.74) is -11.6. The molecule has 0 aromatic heterocycles. The Kier molecular flexibility index (Phi) is 5.42. The zero-order chi connectivity index (χ0) is 27.3. The summed E-state index contributed by atoms with van der Waals surface area (Å²) >= 11 is 0. The molecule has 0 radical (unpaired) electrons. The number of phenolic OH excluding ortho intramolecular Hbond substituents is 1. The standard InChI is InChI=1S/C25H26O12/c26-12-7-6-11(10-4-2-1-3-5-10)16-14(12)18(28)17-20(30)24(35)19(29)15(21(31)32)13(27)8-22(24,33)9-23(17,34)25(16,36)37/h1-7,13,15,19,21,26-29,31-37H,8-9H2. The second kappa shape index (κ2) is 7.80. The SMILES string of the molecule is O=C1C2=C(O)c3c(O)ccc(-c4ccccc4)c3C(O)(O)C2(O)CC2(O)CC(O)C(C(O)O)C(O)C12O. The third-order valence-corrected chi connectivity index (χ3v) is 8.04. The molecule has 0 heterocycles. The number of aromatic hydroxyl groups is 1. The van der Waals surface area contributed by atoms with Gasteiger partial charge in [0.1, 0.15) is 23.2 Å². The normalized spacial score (nSPS) is 36.7. The predicted octanol–water partition coefficient (Wildman–Crippen LogP) is -2.30. The van der Waals surface area contributed by atoms with Crippen LogP contribution in [0.3, 0.4) is 0 Å². The van der Waals surface area contributed by atoms with E-state index in [1.54, 1.807) is 30.3 Å². The Morgan fingerprint density at radius 3 is 2.11 bits per heavy atom. The molecule has 0 aliphatic heterocycles. The maximum absolute atomic E-state index is 13.7. The van der Waals surface area contributed by atoms with Crippen molar-refractivity contribution in [2.45, 2.75) is 53.9 Å². The first kappa shape index (κ1) is 25.7. The van der Waals surface area contributed by atoms with Gasteiger partial charge >= 0.3 is 0 Å². The van der Waals surface area contributed by atoms with Crippen molar-refractivity contribution in [1.29, 1.82) is 0 Å². The summed E-state index contributed by atoms with van der Waals surface area (Å²) in [5, 5.41) is 119. The fraction of sp³-hybridized carbons (Fsp3) is 0.400. The quantitative estimate of drug-likeness (QED) is 0.188. The van der Waals surface area contributed by atoms with Crippen LogP contribution >= 0.6 is 0 Å². The number of hydrogen-bond acceptors (Lipinski definition) is 12. The molecule has 2 aromatic rings. The summed E-state index contributed by atoms with van der Waals surface area (Å²) in [6.45, 7) is 0. The van der Waals surface area contributed by atoms with E-state index in [9.17, 15) is 61.0 Å². The third kappa shape index (κ3) is 3.01. The van der Waals surface area contributed by atoms with Gasteiger partial charge in [-0.2, -0.15) is 0 Å². The number of carbonyl (C=O) groups excluding carboxylic acids is 1. The van der Waals surface area contributed by atoms with Crippen LogP contribution in [0.2, 0.25) is 0 Å². The van der Waals surface area contributed by atoms with E-state index in [1.165, 1.54) is 6.07 Å². The Balaban J connectivity index is 1.83. The van der Waals surface area contributed by atoms with Crippen molar-refractivity contribution in [1.82, 2.24) is 0 Å². The number of phenols is 1. The van der Waals surface area contributed by atoms with Gasteiger partial charge in [0.25, 0.3) is 0 Å². The van der Waals surface area contributed by atoms with Crippen molar-refractivity contribution < 1.29 is 61.0 Å². The van der Waals surface area contributed by atoms with Crippen LogP contribution in [0.1, 0.15) is 24.0 Å². The molecule has 0 saturated heterocycles.